The molecule has 19 heavy (non-hydrogen) atoms. The van der Waals surface area contributed by atoms with Gasteiger partial charge in [0.15, 0.2) is 0 Å². The van der Waals surface area contributed by atoms with E-state index in [9.17, 15) is 4.79 Å². The molecule has 0 radical (unpaired) electrons. The fraction of sp³-hybridized carbons (Fsp3) is 0.286. The summed E-state index contributed by atoms with van der Waals surface area (Å²) in [6.07, 6.45) is 1.13. The quantitative estimate of drug-likeness (QED) is 0.919. The Bertz CT molecular complexity index is 568. The molecule has 0 unspecified atom stereocenters. The second-order valence-electron chi connectivity index (χ2n) is 4.23. The van der Waals surface area contributed by atoms with E-state index in [0.717, 1.165) is 16.3 Å². The summed E-state index contributed by atoms with van der Waals surface area (Å²) >= 11 is 7.63. The number of carbonyl (C=O) groups excluding carboxylic acids is 1. The smallest absolute Gasteiger partial charge is 0.220 e. The molecule has 1 aromatic carbocycles. The maximum absolute atomic E-state index is 11.7. The Kier molecular flexibility index (Phi) is 4.93. The summed E-state index contributed by atoms with van der Waals surface area (Å²) in [6.45, 7) is 2.43. The predicted octanol–water partition coefficient (Wildman–Crippen LogP) is 3.35. The lowest BCUT2D eigenvalue weighted by atomic mass is 10.2. The molecule has 5 heteroatoms. The maximum Gasteiger partial charge on any atom is 0.220 e. The molecule has 0 saturated carbocycles. The topological polar surface area (TPSA) is 42.0 Å². The van der Waals surface area contributed by atoms with Crippen molar-refractivity contribution in [1.29, 1.82) is 0 Å². The average Bonchev–Trinajstić information content (AvgIpc) is 2.81. The summed E-state index contributed by atoms with van der Waals surface area (Å²) in [5.74, 6) is 0.0190. The number of aryl methyl sites for hydroxylation is 2. The van der Waals surface area contributed by atoms with Crippen LogP contribution in [0.2, 0.25) is 5.02 Å². The number of benzene rings is 1. The molecule has 0 spiro atoms. The summed E-state index contributed by atoms with van der Waals surface area (Å²) in [7, 11) is 0. The zero-order valence-corrected chi connectivity index (χ0v) is 12.2. The van der Waals surface area contributed by atoms with Crippen LogP contribution in [0.1, 0.15) is 22.7 Å². The standard InChI is InChI=1S/C14H15ClN2OS/c1-10-17-12(9-19-10)6-7-14(18)16-8-11-4-2-3-5-13(11)15/h2-5,9H,6-8H2,1H3,(H,16,18). The molecule has 1 aromatic heterocycles. The molecule has 1 heterocycles. The largest absolute Gasteiger partial charge is 0.352 e. The number of hydrogen-bond acceptors (Lipinski definition) is 3. The van der Waals surface area contributed by atoms with Crippen LogP contribution in [0.25, 0.3) is 0 Å². The van der Waals surface area contributed by atoms with Gasteiger partial charge < -0.3 is 5.32 Å². The number of aromatic nitrogens is 1. The molecule has 0 bridgehead atoms. The lowest BCUT2D eigenvalue weighted by Crippen LogP contribution is -2.23. The third-order valence-corrected chi connectivity index (χ3v) is 3.90. The zero-order valence-electron chi connectivity index (χ0n) is 10.6. The minimum atomic E-state index is 0.0190. The average molecular weight is 295 g/mol. The number of amides is 1. The summed E-state index contributed by atoms with van der Waals surface area (Å²) in [6, 6.07) is 7.51. The molecule has 0 saturated heterocycles. The van der Waals surface area contributed by atoms with E-state index in [2.05, 4.69) is 10.3 Å². The van der Waals surface area contributed by atoms with Crippen molar-refractivity contribution in [3.8, 4) is 0 Å². The third kappa shape index (κ3) is 4.33. The van der Waals surface area contributed by atoms with Gasteiger partial charge in [0.2, 0.25) is 5.91 Å². The number of thiazole rings is 1. The Morgan fingerprint density at radius 1 is 1.42 bits per heavy atom. The Hall–Kier alpha value is -1.39. The number of nitrogens with zero attached hydrogens (tertiary/aromatic N) is 1. The van der Waals surface area contributed by atoms with Gasteiger partial charge in [0.25, 0.3) is 0 Å². The van der Waals surface area contributed by atoms with E-state index in [-0.39, 0.29) is 5.91 Å². The van der Waals surface area contributed by atoms with Gasteiger partial charge in [-0.2, -0.15) is 0 Å². The molecular formula is C14H15ClN2OS. The second-order valence-corrected chi connectivity index (χ2v) is 5.70. The van der Waals surface area contributed by atoms with Crippen molar-refractivity contribution in [1.82, 2.24) is 10.3 Å². The Morgan fingerprint density at radius 2 is 2.21 bits per heavy atom. The van der Waals surface area contributed by atoms with Crippen LogP contribution >= 0.6 is 22.9 Å². The van der Waals surface area contributed by atoms with Crippen LogP contribution < -0.4 is 5.32 Å². The van der Waals surface area contributed by atoms with Gasteiger partial charge in [0.05, 0.1) is 10.7 Å². The number of rotatable bonds is 5. The van der Waals surface area contributed by atoms with Crippen LogP contribution in [0, 0.1) is 6.92 Å². The van der Waals surface area contributed by atoms with Gasteiger partial charge in [0.1, 0.15) is 0 Å². The highest BCUT2D eigenvalue weighted by atomic mass is 35.5. The summed E-state index contributed by atoms with van der Waals surface area (Å²) in [5, 5.41) is 6.58. The minimum absolute atomic E-state index is 0.0190. The number of halogens is 1. The van der Waals surface area contributed by atoms with Crippen molar-refractivity contribution >= 4 is 28.8 Å². The lowest BCUT2D eigenvalue weighted by Gasteiger charge is -2.06. The monoisotopic (exact) mass is 294 g/mol. The van der Waals surface area contributed by atoms with E-state index >= 15 is 0 Å². The molecule has 2 rings (SSSR count). The van der Waals surface area contributed by atoms with Gasteiger partial charge in [-0.15, -0.1) is 11.3 Å². The van der Waals surface area contributed by atoms with Gasteiger partial charge in [-0.3, -0.25) is 4.79 Å². The fourth-order valence-corrected chi connectivity index (χ4v) is 2.54. The molecule has 0 aliphatic heterocycles. The van der Waals surface area contributed by atoms with Crippen LogP contribution in [0.5, 0.6) is 0 Å². The van der Waals surface area contributed by atoms with E-state index in [4.69, 9.17) is 11.6 Å². The molecule has 3 nitrogen and oxygen atoms in total. The van der Waals surface area contributed by atoms with Crippen LogP contribution in [0.4, 0.5) is 0 Å². The van der Waals surface area contributed by atoms with E-state index in [1.807, 2.05) is 36.6 Å². The molecule has 2 aromatic rings. The van der Waals surface area contributed by atoms with Crippen molar-refractivity contribution in [3.63, 3.8) is 0 Å². The highest BCUT2D eigenvalue weighted by molar-refractivity contribution is 7.09. The third-order valence-electron chi connectivity index (χ3n) is 2.71. The normalized spacial score (nSPS) is 10.4. The SMILES string of the molecule is Cc1nc(CCC(=O)NCc2ccccc2Cl)cs1. The number of hydrogen-bond donors (Lipinski definition) is 1. The fourth-order valence-electron chi connectivity index (χ4n) is 1.69. The second kappa shape index (κ2) is 6.68. The van der Waals surface area contributed by atoms with E-state index in [1.54, 1.807) is 11.3 Å². The van der Waals surface area contributed by atoms with E-state index < -0.39 is 0 Å². The number of nitrogens with one attached hydrogen (secondary N) is 1. The highest BCUT2D eigenvalue weighted by Crippen LogP contribution is 2.14. The van der Waals surface area contributed by atoms with Crippen LogP contribution in [0.3, 0.4) is 0 Å². The minimum Gasteiger partial charge on any atom is -0.352 e. The van der Waals surface area contributed by atoms with Crippen molar-refractivity contribution in [3.05, 3.63) is 50.9 Å². The molecule has 0 aliphatic carbocycles. The Morgan fingerprint density at radius 3 is 2.89 bits per heavy atom. The van der Waals surface area contributed by atoms with Gasteiger partial charge >= 0.3 is 0 Å². The first-order chi connectivity index (χ1) is 9.15. The van der Waals surface area contributed by atoms with E-state index in [0.29, 0.717) is 24.4 Å². The molecule has 0 aliphatic rings. The predicted molar refractivity (Wildman–Crippen MR) is 78.5 cm³/mol. The molecule has 0 atom stereocenters. The lowest BCUT2D eigenvalue weighted by molar-refractivity contribution is -0.121. The van der Waals surface area contributed by atoms with E-state index in [1.165, 1.54) is 0 Å². The first kappa shape index (κ1) is 14.0. The zero-order chi connectivity index (χ0) is 13.7. The first-order valence-electron chi connectivity index (χ1n) is 6.06. The van der Waals surface area contributed by atoms with Crippen molar-refractivity contribution in [2.24, 2.45) is 0 Å². The first-order valence-corrected chi connectivity index (χ1v) is 7.32. The summed E-state index contributed by atoms with van der Waals surface area (Å²) < 4.78 is 0. The van der Waals surface area contributed by atoms with Gasteiger partial charge in [-0.25, -0.2) is 4.98 Å². The molecule has 0 fully saturated rings. The summed E-state index contributed by atoms with van der Waals surface area (Å²) in [5.41, 5.74) is 1.91. The maximum atomic E-state index is 11.7. The van der Waals surface area contributed by atoms with Crippen molar-refractivity contribution in [2.75, 3.05) is 0 Å². The molecular weight excluding hydrogens is 280 g/mol. The Labute approximate surface area is 121 Å². The summed E-state index contributed by atoms with van der Waals surface area (Å²) in [4.78, 5) is 16.1. The van der Waals surface area contributed by atoms with Gasteiger partial charge in [-0.05, 0) is 25.0 Å². The Balaban J connectivity index is 1.77. The van der Waals surface area contributed by atoms with Crippen LogP contribution in [-0.4, -0.2) is 10.9 Å². The molecule has 1 N–H and O–H groups in total. The van der Waals surface area contributed by atoms with Crippen molar-refractivity contribution < 1.29 is 4.79 Å². The highest BCUT2D eigenvalue weighted by Gasteiger charge is 2.05. The van der Waals surface area contributed by atoms with Crippen molar-refractivity contribution in [2.45, 2.75) is 26.3 Å². The van der Waals surface area contributed by atoms with Gasteiger partial charge in [0, 0.05) is 23.4 Å². The molecule has 1 amide bonds. The van der Waals surface area contributed by atoms with Crippen LogP contribution in [-0.2, 0) is 17.8 Å². The van der Waals surface area contributed by atoms with Gasteiger partial charge in [-0.1, -0.05) is 29.8 Å². The number of carbonyl (C=O) groups is 1. The molecule has 100 valence electrons. The van der Waals surface area contributed by atoms with Crippen LogP contribution in [0.15, 0.2) is 29.6 Å².